The van der Waals surface area contributed by atoms with E-state index < -0.39 is 0 Å². The largest absolute Gasteiger partial charge is 0.497 e. The second-order valence-corrected chi connectivity index (χ2v) is 6.76. The van der Waals surface area contributed by atoms with Crippen LogP contribution in [-0.2, 0) is 17.7 Å². The van der Waals surface area contributed by atoms with Crippen LogP contribution in [0.5, 0.6) is 5.75 Å². The Bertz CT molecular complexity index is 808. The Kier molecular flexibility index (Phi) is 4.42. The van der Waals surface area contributed by atoms with Gasteiger partial charge in [0.2, 0.25) is 4.96 Å². The summed E-state index contributed by atoms with van der Waals surface area (Å²) >= 11 is 1.59. The Balaban J connectivity index is 1.50. The lowest BCUT2D eigenvalue weighted by atomic mass is 10.1. The van der Waals surface area contributed by atoms with Crippen molar-refractivity contribution in [1.82, 2.24) is 24.7 Å². The van der Waals surface area contributed by atoms with Crippen molar-refractivity contribution in [3.8, 4) is 5.75 Å². The van der Waals surface area contributed by atoms with E-state index in [4.69, 9.17) is 14.6 Å². The third-order valence-electron chi connectivity index (χ3n) is 4.08. The van der Waals surface area contributed by atoms with Crippen molar-refractivity contribution in [3.63, 3.8) is 0 Å². The fourth-order valence-electron chi connectivity index (χ4n) is 2.74. The molecule has 0 atom stereocenters. The highest BCUT2D eigenvalue weighted by Crippen LogP contribution is 2.20. The number of nitrogens with zero attached hydrogens (tertiary/aromatic N) is 5. The standard InChI is InChI=1S/C16H19N5O2S/c1-22-13-4-2-12(3-5-13)10-15-19-21-14(17-18-16(21)24-15)11-20-6-8-23-9-7-20/h2-5H,6-11H2,1H3. The summed E-state index contributed by atoms with van der Waals surface area (Å²) in [5.41, 5.74) is 1.20. The van der Waals surface area contributed by atoms with Gasteiger partial charge in [0.25, 0.3) is 0 Å². The quantitative estimate of drug-likeness (QED) is 0.700. The van der Waals surface area contributed by atoms with Gasteiger partial charge >= 0.3 is 0 Å². The van der Waals surface area contributed by atoms with Crippen molar-refractivity contribution < 1.29 is 9.47 Å². The lowest BCUT2D eigenvalue weighted by molar-refractivity contribution is 0.0328. The molecule has 126 valence electrons. The summed E-state index contributed by atoms with van der Waals surface area (Å²) in [7, 11) is 1.67. The van der Waals surface area contributed by atoms with Gasteiger partial charge in [-0.15, -0.1) is 10.2 Å². The van der Waals surface area contributed by atoms with Crippen LogP contribution in [0.25, 0.3) is 4.96 Å². The van der Waals surface area contributed by atoms with E-state index in [9.17, 15) is 0 Å². The van der Waals surface area contributed by atoms with Gasteiger partial charge in [-0.05, 0) is 17.7 Å². The van der Waals surface area contributed by atoms with Gasteiger partial charge in [-0.25, -0.2) is 0 Å². The third-order valence-corrected chi connectivity index (χ3v) is 4.98. The molecule has 0 aliphatic carbocycles. The molecule has 1 saturated heterocycles. The minimum absolute atomic E-state index is 0.760. The van der Waals surface area contributed by atoms with Gasteiger partial charge in [0.05, 0.1) is 26.9 Å². The van der Waals surface area contributed by atoms with Crippen LogP contribution < -0.4 is 4.74 Å². The normalized spacial score (nSPS) is 15.9. The highest BCUT2D eigenvalue weighted by Gasteiger charge is 2.17. The molecule has 0 saturated carbocycles. The van der Waals surface area contributed by atoms with E-state index in [0.29, 0.717) is 0 Å². The summed E-state index contributed by atoms with van der Waals surface area (Å²) in [6.45, 7) is 4.18. The van der Waals surface area contributed by atoms with Gasteiger partial charge in [0.15, 0.2) is 5.82 Å². The number of aromatic nitrogens is 4. The summed E-state index contributed by atoms with van der Waals surface area (Å²) < 4.78 is 12.5. The van der Waals surface area contributed by atoms with Crippen LogP contribution in [0.3, 0.4) is 0 Å². The number of fused-ring (bicyclic) bond motifs is 1. The molecule has 1 fully saturated rings. The van der Waals surface area contributed by atoms with Crippen LogP contribution >= 0.6 is 11.3 Å². The van der Waals surface area contributed by atoms with Crippen LogP contribution in [-0.4, -0.2) is 58.1 Å². The Morgan fingerprint density at radius 2 is 1.96 bits per heavy atom. The summed E-state index contributed by atoms with van der Waals surface area (Å²) in [4.78, 5) is 3.17. The number of ether oxygens (including phenoxy) is 2. The van der Waals surface area contributed by atoms with E-state index in [1.165, 1.54) is 5.56 Å². The van der Waals surface area contributed by atoms with E-state index in [2.05, 4.69) is 27.2 Å². The molecule has 0 bridgehead atoms. The van der Waals surface area contributed by atoms with Gasteiger partial charge in [-0.3, -0.25) is 4.90 Å². The highest BCUT2D eigenvalue weighted by atomic mass is 32.1. The molecule has 0 spiro atoms. The predicted molar refractivity (Wildman–Crippen MR) is 90.6 cm³/mol. The second kappa shape index (κ2) is 6.84. The molecule has 0 unspecified atom stereocenters. The van der Waals surface area contributed by atoms with Crippen LogP contribution in [0.2, 0.25) is 0 Å². The van der Waals surface area contributed by atoms with Gasteiger partial charge in [-0.1, -0.05) is 23.5 Å². The molecule has 1 aliphatic rings. The maximum absolute atomic E-state index is 5.39. The first kappa shape index (κ1) is 15.5. The van der Waals surface area contributed by atoms with Crippen LogP contribution in [0, 0.1) is 0 Å². The zero-order chi connectivity index (χ0) is 16.4. The first-order chi connectivity index (χ1) is 11.8. The maximum Gasteiger partial charge on any atom is 0.234 e. The average Bonchev–Trinajstić information content (AvgIpc) is 3.18. The van der Waals surface area contributed by atoms with Crippen molar-refractivity contribution in [2.24, 2.45) is 0 Å². The minimum atomic E-state index is 0.760. The second-order valence-electron chi connectivity index (χ2n) is 5.72. The minimum Gasteiger partial charge on any atom is -0.497 e. The van der Waals surface area contributed by atoms with Gasteiger partial charge in [-0.2, -0.15) is 9.61 Å². The summed E-state index contributed by atoms with van der Waals surface area (Å²) in [5.74, 6) is 1.76. The fraction of sp³-hybridized carbons (Fsp3) is 0.438. The lowest BCUT2D eigenvalue weighted by Crippen LogP contribution is -2.36. The molecular weight excluding hydrogens is 326 g/mol. The Hall–Kier alpha value is -2.03. The number of hydrogen-bond acceptors (Lipinski definition) is 7. The number of benzene rings is 1. The topological polar surface area (TPSA) is 64.8 Å². The first-order valence-electron chi connectivity index (χ1n) is 7.95. The van der Waals surface area contributed by atoms with Gasteiger partial charge in [0.1, 0.15) is 10.8 Å². The predicted octanol–water partition coefficient (Wildman–Crippen LogP) is 1.62. The lowest BCUT2D eigenvalue weighted by Gasteiger charge is -2.25. The van der Waals surface area contributed by atoms with Crippen molar-refractivity contribution in [2.75, 3.05) is 33.4 Å². The Morgan fingerprint density at radius 1 is 1.17 bits per heavy atom. The average molecular weight is 345 g/mol. The molecule has 0 amide bonds. The smallest absolute Gasteiger partial charge is 0.234 e. The fourth-order valence-corrected chi connectivity index (χ4v) is 3.63. The molecule has 7 nitrogen and oxygen atoms in total. The van der Waals surface area contributed by atoms with E-state index in [-0.39, 0.29) is 0 Å². The van der Waals surface area contributed by atoms with Gasteiger partial charge < -0.3 is 9.47 Å². The van der Waals surface area contributed by atoms with Crippen molar-refractivity contribution in [3.05, 3.63) is 40.7 Å². The SMILES string of the molecule is COc1ccc(Cc2nn3c(CN4CCOCC4)nnc3s2)cc1. The zero-order valence-electron chi connectivity index (χ0n) is 13.5. The monoisotopic (exact) mass is 345 g/mol. The summed E-state index contributed by atoms with van der Waals surface area (Å²) in [5, 5.41) is 14.3. The molecule has 0 radical (unpaired) electrons. The maximum atomic E-state index is 5.39. The summed E-state index contributed by atoms with van der Waals surface area (Å²) in [6.07, 6.45) is 0.787. The molecule has 8 heteroatoms. The van der Waals surface area contributed by atoms with E-state index in [1.54, 1.807) is 18.4 Å². The van der Waals surface area contributed by atoms with Crippen LogP contribution in [0.4, 0.5) is 0 Å². The molecular formula is C16H19N5O2S. The van der Waals surface area contributed by atoms with E-state index >= 15 is 0 Å². The molecule has 1 aliphatic heterocycles. The molecule has 1 aromatic carbocycles. The Labute approximate surface area is 143 Å². The molecule has 2 aromatic heterocycles. The molecule has 4 rings (SSSR count). The van der Waals surface area contributed by atoms with Crippen molar-refractivity contribution >= 4 is 16.3 Å². The summed E-state index contributed by atoms with van der Waals surface area (Å²) in [6, 6.07) is 8.07. The number of methoxy groups -OCH3 is 1. The van der Waals surface area contributed by atoms with Gasteiger partial charge in [0, 0.05) is 19.5 Å². The first-order valence-corrected chi connectivity index (χ1v) is 8.76. The number of morpholine rings is 1. The Morgan fingerprint density at radius 3 is 2.71 bits per heavy atom. The van der Waals surface area contributed by atoms with Crippen molar-refractivity contribution in [1.29, 1.82) is 0 Å². The van der Waals surface area contributed by atoms with Crippen molar-refractivity contribution in [2.45, 2.75) is 13.0 Å². The third kappa shape index (κ3) is 3.26. The number of rotatable bonds is 5. The highest BCUT2D eigenvalue weighted by molar-refractivity contribution is 7.16. The molecule has 24 heavy (non-hydrogen) atoms. The molecule has 0 N–H and O–H groups in total. The van der Waals surface area contributed by atoms with E-state index in [0.717, 1.165) is 60.8 Å². The van der Waals surface area contributed by atoms with Crippen LogP contribution in [0.1, 0.15) is 16.4 Å². The zero-order valence-corrected chi connectivity index (χ0v) is 14.3. The number of hydrogen-bond donors (Lipinski definition) is 0. The van der Waals surface area contributed by atoms with E-state index in [1.807, 2.05) is 16.6 Å². The molecule has 3 aromatic rings. The molecule has 3 heterocycles. The van der Waals surface area contributed by atoms with Crippen LogP contribution in [0.15, 0.2) is 24.3 Å².